The molecule has 176 valence electrons. The summed E-state index contributed by atoms with van der Waals surface area (Å²) in [4.78, 5) is 37.5. The van der Waals surface area contributed by atoms with E-state index >= 15 is 0 Å². The van der Waals surface area contributed by atoms with Gasteiger partial charge in [-0.05, 0) is 44.2 Å². The molecule has 1 aromatic heterocycles. The van der Waals surface area contributed by atoms with Gasteiger partial charge in [0.1, 0.15) is 30.8 Å². The van der Waals surface area contributed by atoms with Crippen LogP contribution in [0.4, 0.5) is 0 Å². The molecule has 3 atom stereocenters. The zero-order valence-corrected chi connectivity index (χ0v) is 18.8. The minimum Gasteiger partial charge on any atom is -0.508 e. The van der Waals surface area contributed by atoms with Crippen LogP contribution >= 0.6 is 0 Å². The molecule has 0 amide bonds. The molecule has 0 radical (unpaired) electrons. The van der Waals surface area contributed by atoms with Crippen LogP contribution in [0.2, 0.25) is 0 Å². The normalized spacial score (nSPS) is 19.5. The third-order valence-corrected chi connectivity index (χ3v) is 5.63. The molecule has 8 nitrogen and oxygen atoms in total. The summed E-state index contributed by atoms with van der Waals surface area (Å²) in [6, 6.07) is 16.3. The Bertz CT molecular complexity index is 1230. The summed E-state index contributed by atoms with van der Waals surface area (Å²) in [5, 5.41) is 9.54. The van der Waals surface area contributed by atoms with Crippen LogP contribution in [-0.4, -0.2) is 40.4 Å². The predicted octanol–water partition coefficient (Wildman–Crippen LogP) is 3.54. The number of aryl methyl sites for hydroxylation is 2. The first-order valence-corrected chi connectivity index (χ1v) is 10.9. The van der Waals surface area contributed by atoms with Gasteiger partial charge in [0.15, 0.2) is 0 Å². The second kappa shape index (κ2) is 9.93. The van der Waals surface area contributed by atoms with Crippen LogP contribution < -0.4 is 5.56 Å². The Kier molecular flexibility index (Phi) is 6.79. The molecule has 2 aromatic carbocycles. The SMILES string of the molecule is Cc1ccc(C(=O)OC[C@H]2O[C@H](n3ccc(O)cc3=O)C[C@@H]2OC(=O)c2ccc(C)cc2)cc1. The van der Waals surface area contributed by atoms with Gasteiger partial charge in [0.05, 0.1) is 11.1 Å². The van der Waals surface area contributed by atoms with E-state index in [0.29, 0.717) is 11.1 Å². The Morgan fingerprint density at radius 2 is 1.56 bits per heavy atom. The molecule has 1 aliphatic rings. The third-order valence-electron chi connectivity index (χ3n) is 5.63. The monoisotopic (exact) mass is 463 g/mol. The number of ether oxygens (including phenoxy) is 3. The third kappa shape index (κ3) is 5.35. The summed E-state index contributed by atoms with van der Waals surface area (Å²) in [6.45, 7) is 3.67. The summed E-state index contributed by atoms with van der Waals surface area (Å²) in [5.41, 5.74) is 2.33. The first-order valence-electron chi connectivity index (χ1n) is 10.9. The number of nitrogens with zero attached hydrogens (tertiary/aromatic N) is 1. The van der Waals surface area contributed by atoms with Crippen molar-refractivity contribution in [2.24, 2.45) is 0 Å². The van der Waals surface area contributed by atoms with Crippen LogP contribution in [0.1, 0.15) is 44.5 Å². The Morgan fingerprint density at radius 1 is 0.971 bits per heavy atom. The van der Waals surface area contributed by atoms with Crippen LogP contribution in [0.25, 0.3) is 0 Å². The molecule has 2 heterocycles. The lowest BCUT2D eigenvalue weighted by atomic mass is 10.1. The average molecular weight is 463 g/mol. The second-order valence-corrected chi connectivity index (χ2v) is 8.27. The van der Waals surface area contributed by atoms with Crippen molar-refractivity contribution in [1.29, 1.82) is 0 Å². The summed E-state index contributed by atoms with van der Waals surface area (Å²) in [6.07, 6.45) is -0.719. The predicted molar refractivity (Wildman–Crippen MR) is 123 cm³/mol. The van der Waals surface area contributed by atoms with E-state index in [-0.39, 0.29) is 18.8 Å². The number of benzene rings is 2. The molecule has 3 aromatic rings. The first-order chi connectivity index (χ1) is 16.3. The van der Waals surface area contributed by atoms with E-state index in [9.17, 15) is 19.5 Å². The van der Waals surface area contributed by atoms with Gasteiger partial charge in [0.2, 0.25) is 0 Å². The van der Waals surface area contributed by atoms with Crippen molar-refractivity contribution >= 4 is 11.9 Å². The molecule has 34 heavy (non-hydrogen) atoms. The van der Waals surface area contributed by atoms with Gasteiger partial charge in [0.25, 0.3) is 5.56 Å². The molecule has 0 unspecified atom stereocenters. The quantitative estimate of drug-likeness (QED) is 0.558. The van der Waals surface area contributed by atoms with Crippen LogP contribution in [0, 0.1) is 13.8 Å². The Hall–Kier alpha value is -3.91. The minimum atomic E-state index is -0.783. The van der Waals surface area contributed by atoms with E-state index < -0.39 is 35.9 Å². The highest BCUT2D eigenvalue weighted by atomic mass is 16.6. The molecule has 0 saturated carbocycles. The number of carbonyl (C=O) groups excluding carboxylic acids is 2. The molecule has 1 aliphatic heterocycles. The fourth-order valence-electron chi connectivity index (χ4n) is 3.69. The van der Waals surface area contributed by atoms with Gasteiger partial charge < -0.3 is 19.3 Å². The topological polar surface area (TPSA) is 104 Å². The lowest BCUT2D eigenvalue weighted by Crippen LogP contribution is -2.32. The van der Waals surface area contributed by atoms with Crippen LogP contribution in [-0.2, 0) is 14.2 Å². The molecular weight excluding hydrogens is 438 g/mol. The van der Waals surface area contributed by atoms with E-state index in [0.717, 1.165) is 17.2 Å². The number of aromatic nitrogens is 1. The Labute approximate surface area is 196 Å². The molecule has 1 saturated heterocycles. The van der Waals surface area contributed by atoms with Gasteiger partial charge in [-0.3, -0.25) is 9.36 Å². The number of rotatable bonds is 6. The molecule has 1 N–H and O–H groups in total. The minimum absolute atomic E-state index is 0.162. The largest absolute Gasteiger partial charge is 0.508 e. The van der Waals surface area contributed by atoms with Crippen molar-refractivity contribution in [2.75, 3.05) is 6.61 Å². The zero-order valence-electron chi connectivity index (χ0n) is 18.8. The van der Waals surface area contributed by atoms with Gasteiger partial charge in [-0.25, -0.2) is 9.59 Å². The molecule has 8 heteroatoms. The maximum absolute atomic E-state index is 12.7. The summed E-state index contributed by atoms with van der Waals surface area (Å²) < 4.78 is 18.4. The van der Waals surface area contributed by atoms with Gasteiger partial charge >= 0.3 is 11.9 Å². The molecule has 4 rings (SSSR count). The van der Waals surface area contributed by atoms with Crippen molar-refractivity contribution in [3.8, 4) is 5.75 Å². The number of carbonyl (C=O) groups is 2. The standard InChI is InChI=1S/C26H25NO7/c1-16-3-7-18(8-4-16)25(30)32-15-22-21(34-26(31)19-9-5-17(2)6-10-19)14-24(33-22)27-12-11-20(28)13-23(27)29/h3-13,21-22,24,28H,14-15H2,1-2H3/t21-,22+,24-/m0/s1. The molecular formula is C26H25NO7. The average Bonchev–Trinajstić information content (AvgIpc) is 3.20. The number of aromatic hydroxyl groups is 1. The maximum Gasteiger partial charge on any atom is 0.338 e. The van der Waals surface area contributed by atoms with Crippen LogP contribution in [0.15, 0.2) is 71.7 Å². The lowest BCUT2D eigenvalue weighted by molar-refractivity contribution is -0.0579. The van der Waals surface area contributed by atoms with Gasteiger partial charge in [-0.1, -0.05) is 35.4 Å². The number of esters is 2. The lowest BCUT2D eigenvalue weighted by Gasteiger charge is -2.19. The summed E-state index contributed by atoms with van der Waals surface area (Å²) in [5.74, 6) is -1.23. The van der Waals surface area contributed by atoms with Gasteiger partial charge in [0, 0.05) is 18.7 Å². The highest BCUT2D eigenvalue weighted by Crippen LogP contribution is 2.31. The number of hydrogen-bond acceptors (Lipinski definition) is 7. The summed E-state index contributed by atoms with van der Waals surface area (Å²) in [7, 11) is 0. The molecule has 0 bridgehead atoms. The first kappa shape index (κ1) is 23.3. The van der Waals surface area contributed by atoms with E-state index in [4.69, 9.17) is 14.2 Å². The number of hydrogen-bond donors (Lipinski definition) is 1. The molecule has 0 aliphatic carbocycles. The van der Waals surface area contributed by atoms with Gasteiger partial charge in [-0.15, -0.1) is 0 Å². The van der Waals surface area contributed by atoms with Crippen LogP contribution in [0.3, 0.4) is 0 Å². The van der Waals surface area contributed by atoms with Crippen molar-refractivity contribution < 1.29 is 28.9 Å². The Morgan fingerprint density at radius 3 is 2.15 bits per heavy atom. The zero-order chi connectivity index (χ0) is 24.2. The number of pyridine rings is 1. The highest BCUT2D eigenvalue weighted by Gasteiger charge is 2.40. The molecule has 1 fully saturated rings. The maximum atomic E-state index is 12.7. The smallest absolute Gasteiger partial charge is 0.338 e. The van der Waals surface area contributed by atoms with Crippen molar-refractivity contribution in [2.45, 2.75) is 38.7 Å². The highest BCUT2D eigenvalue weighted by molar-refractivity contribution is 5.90. The van der Waals surface area contributed by atoms with E-state index in [1.165, 1.54) is 16.8 Å². The summed E-state index contributed by atoms with van der Waals surface area (Å²) >= 11 is 0. The fraction of sp³-hybridized carbons (Fsp3) is 0.269. The Balaban J connectivity index is 1.50. The van der Waals surface area contributed by atoms with Crippen molar-refractivity contribution in [1.82, 2.24) is 4.57 Å². The van der Waals surface area contributed by atoms with Crippen LogP contribution in [0.5, 0.6) is 5.75 Å². The second-order valence-electron chi connectivity index (χ2n) is 8.27. The van der Waals surface area contributed by atoms with Gasteiger partial charge in [-0.2, -0.15) is 0 Å². The molecule has 0 spiro atoms. The van der Waals surface area contributed by atoms with E-state index in [2.05, 4.69) is 0 Å². The van der Waals surface area contributed by atoms with Crippen molar-refractivity contribution in [3.63, 3.8) is 0 Å². The van der Waals surface area contributed by atoms with Crippen molar-refractivity contribution in [3.05, 3.63) is 99.5 Å². The van der Waals surface area contributed by atoms with E-state index in [1.54, 1.807) is 36.4 Å². The van der Waals surface area contributed by atoms with E-state index in [1.807, 2.05) is 26.0 Å². The fourth-order valence-corrected chi connectivity index (χ4v) is 3.69.